The number of alkyl halides is 2. The molecule has 0 unspecified atom stereocenters. The van der Waals surface area contributed by atoms with Gasteiger partial charge in [-0.3, -0.25) is 4.79 Å². The second-order valence-corrected chi connectivity index (χ2v) is 5.07. The minimum absolute atomic E-state index is 0.00114. The summed E-state index contributed by atoms with van der Waals surface area (Å²) < 4.78 is 38.7. The molecule has 0 saturated carbocycles. The van der Waals surface area contributed by atoms with Crippen molar-refractivity contribution < 1.29 is 32.6 Å². The zero-order valence-electron chi connectivity index (χ0n) is 14.6. The third kappa shape index (κ3) is 6.46. The molecule has 0 heterocycles. The van der Waals surface area contributed by atoms with Crippen LogP contribution in [0.5, 0.6) is 17.2 Å². The van der Waals surface area contributed by atoms with Gasteiger partial charge in [0, 0.05) is 11.3 Å². The summed E-state index contributed by atoms with van der Waals surface area (Å²) in [4.78, 5) is 16.7. The van der Waals surface area contributed by atoms with E-state index in [2.05, 4.69) is 15.2 Å². The highest BCUT2D eigenvalue weighted by Gasteiger charge is 2.06. The van der Waals surface area contributed by atoms with Crippen molar-refractivity contribution in [3.05, 3.63) is 48.0 Å². The number of hydrogen-bond acceptors (Lipinski definition) is 6. The molecule has 1 amide bonds. The highest BCUT2D eigenvalue weighted by atomic mass is 19.3. The van der Waals surface area contributed by atoms with Gasteiger partial charge in [0.1, 0.15) is 5.75 Å². The molecular weight excluding hydrogens is 362 g/mol. The Bertz CT molecular complexity index is 782. The highest BCUT2D eigenvalue weighted by Crippen LogP contribution is 2.26. The number of benzene rings is 2. The van der Waals surface area contributed by atoms with Crippen LogP contribution < -0.4 is 19.5 Å². The molecule has 27 heavy (non-hydrogen) atoms. The van der Waals surface area contributed by atoms with Crippen molar-refractivity contribution in [2.24, 2.45) is 5.16 Å². The number of amides is 1. The molecule has 0 bridgehead atoms. The second kappa shape index (κ2) is 9.95. The normalized spacial score (nSPS) is 10.7. The largest absolute Gasteiger partial charge is 0.493 e. The monoisotopic (exact) mass is 380 g/mol. The van der Waals surface area contributed by atoms with E-state index in [1.807, 2.05) is 0 Å². The number of methoxy groups -OCH3 is 2. The van der Waals surface area contributed by atoms with E-state index in [1.165, 1.54) is 44.7 Å². The number of halogens is 2. The molecule has 0 aliphatic heterocycles. The molecule has 9 heteroatoms. The van der Waals surface area contributed by atoms with E-state index in [0.29, 0.717) is 22.7 Å². The average Bonchev–Trinajstić information content (AvgIpc) is 2.66. The number of nitrogens with zero attached hydrogens (tertiary/aromatic N) is 1. The first-order chi connectivity index (χ1) is 13.0. The van der Waals surface area contributed by atoms with Gasteiger partial charge in [0.2, 0.25) is 0 Å². The van der Waals surface area contributed by atoms with Crippen LogP contribution in [0.1, 0.15) is 5.56 Å². The van der Waals surface area contributed by atoms with Crippen LogP contribution in [0.4, 0.5) is 14.5 Å². The molecule has 0 radical (unpaired) electrons. The number of hydrogen-bond donors (Lipinski definition) is 1. The molecule has 0 saturated heterocycles. The van der Waals surface area contributed by atoms with Crippen LogP contribution in [0.3, 0.4) is 0 Å². The summed E-state index contributed by atoms with van der Waals surface area (Å²) in [5.74, 6) is 0.666. The molecule has 2 aromatic rings. The van der Waals surface area contributed by atoms with E-state index < -0.39 is 12.5 Å². The van der Waals surface area contributed by atoms with Crippen molar-refractivity contribution in [3.63, 3.8) is 0 Å². The van der Waals surface area contributed by atoms with Gasteiger partial charge in [-0.15, -0.1) is 0 Å². The predicted molar refractivity (Wildman–Crippen MR) is 94.8 cm³/mol. The van der Waals surface area contributed by atoms with Crippen molar-refractivity contribution in [2.45, 2.75) is 6.61 Å². The van der Waals surface area contributed by atoms with E-state index in [0.717, 1.165) is 0 Å². The number of ether oxygens (including phenoxy) is 3. The van der Waals surface area contributed by atoms with Crippen LogP contribution in [0.15, 0.2) is 47.6 Å². The molecule has 0 fully saturated rings. The fourth-order valence-electron chi connectivity index (χ4n) is 2.04. The molecular formula is C18H18F2N2O5. The third-order valence-electron chi connectivity index (χ3n) is 3.24. The number of carbonyl (C=O) groups excluding carboxylic acids is 1. The molecule has 0 aliphatic rings. The summed E-state index contributed by atoms with van der Waals surface area (Å²) in [7, 11) is 3.05. The van der Waals surface area contributed by atoms with Crippen molar-refractivity contribution in [1.82, 2.24) is 0 Å². The van der Waals surface area contributed by atoms with Crippen molar-refractivity contribution >= 4 is 17.8 Å². The first-order valence-electron chi connectivity index (χ1n) is 7.74. The number of nitrogens with one attached hydrogen (secondary N) is 1. The quantitative estimate of drug-likeness (QED) is 0.534. The lowest BCUT2D eigenvalue weighted by Gasteiger charge is -2.07. The maximum Gasteiger partial charge on any atom is 0.387 e. The summed E-state index contributed by atoms with van der Waals surface area (Å²) >= 11 is 0. The summed E-state index contributed by atoms with van der Waals surface area (Å²) in [6.07, 6.45) is 1.42. The lowest BCUT2D eigenvalue weighted by atomic mass is 10.2. The van der Waals surface area contributed by atoms with E-state index in [9.17, 15) is 13.6 Å². The van der Waals surface area contributed by atoms with Gasteiger partial charge in [0.05, 0.1) is 20.4 Å². The molecule has 144 valence electrons. The van der Waals surface area contributed by atoms with E-state index in [-0.39, 0.29) is 12.4 Å². The maximum atomic E-state index is 12.1. The Kier molecular flexibility index (Phi) is 7.36. The Labute approximate surface area is 154 Å². The molecule has 7 nitrogen and oxygen atoms in total. The van der Waals surface area contributed by atoms with Crippen molar-refractivity contribution in [2.75, 3.05) is 26.1 Å². The SMILES string of the molecule is COc1ccc(/C=N\OCC(=O)Nc2ccc(OC(F)F)cc2)cc1OC. The van der Waals surface area contributed by atoms with Crippen LogP contribution in [-0.2, 0) is 9.63 Å². The van der Waals surface area contributed by atoms with Gasteiger partial charge >= 0.3 is 6.61 Å². The first-order valence-corrected chi connectivity index (χ1v) is 7.74. The van der Waals surface area contributed by atoms with Crippen LogP contribution >= 0.6 is 0 Å². The maximum absolute atomic E-state index is 12.1. The summed E-state index contributed by atoms with van der Waals surface area (Å²) in [6.45, 7) is -3.22. The average molecular weight is 380 g/mol. The number of carbonyl (C=O) groups is 1. The molecule has 0 aromatic heterocycles. The zero-order chi connectivity index (χ0) is 19.6. The topological polar surface area (TPSA) is 78.4 Å². The molecule has 0 atom stereocenters. The van der Waals surface area contributed by atoms with Gasteiger partial charge in [0.15, 0.2) is 18.1 Å². The Morgan fingerprint density at radius 2 is 1.81 bits per heavy atom. The van der Waals surface area contributed by atoms with E-state index >= 15 is 0 Å². The summed E-state index contributed by atoms with van der Waals surface area (Å²) in [5, 5.41) is 6.25. The summed E-state index contributed by atoms with van der Waals surface area (Å²) in [6, 6.07) is 10.7. The van der Waals surface area contributed by atoms with Crippen molar-refractivity contribution in [3.8, 4) is 17.2 Å². The lowest BCUT2D eigenvalue weighted by molar-refractivity contribution is -0.120. The highest BCUT2D eigenvalue weighted by molar-refractivity contribution is 5.91. The van der Waals surface area contributed by atoms with Gasteiger partial charge in [-0.2, -0.15) is 8.78 Å². The smallest absolute Gasteiger partial charge is 0.387 e. The van der Waals surface area contributed by atoms with Crippen LogP contribution in [0, 0.1) is 0 Å². The van der Waals surface area contributed by atoms with Crippen LogP contribution in [0.2, 0.25) is 0 Å². The predicted octanol–water partition coefficient (Wildman–Crippen LogP) is 3.29. The molecule has 1 N–H and O–H groups in total. The molecule has 2 rings (SSSR count). The van der Waals surface area contributed by atoms with Crippen LogP contribution in [-0.4, -0.2) is 39.6 Å². The van der Waals surface area contributed by atoms with Gasteiger partial charge in [-0.1, -0.05) is 5.16 Å². The minimum Gasteiger partial charge on any atom is -0.493 e. The third-order valence-corrected chi connectivity index (χ3v) is 3.24. The van der Waals surface area contributed by atoms with E-state index in [1.54, 1.807) is 18.2 Å². The van der Waals surface area contributed by atoms with Crippen LogP contribution in [0.25, 0.3) is 0 Å². The Hall–Kier alpha value is -3.36. The fourth-order valence-corrected chi connectivity index (χ4v) is 2.04. The zero-order valence-corrected chi connectivity index (χ0v) is 14.6. The Balaban J connectivity index is 1.81. The Morgan fingerprint density at radius 1 is 1.11 bits per heavy atom. The van der Waals surface area contributed by atoms with Gasteiger partial charge < -0.3 is 24.4 Å². The number of rotatable bonds is 9. The minimum atomic E-state index is -2.90. The lowest BCUT2D eigenvalue weighted by Crippen LogP contribution is -2.16. The van der Waals surface area contributed by atoms with E-state index in [4.69, 9.17) is 14.3 Å². The van der Waals surface area contributed by atoms with Gasteiger partial charge in [0.25, 0.3) is 5.91 Å². The molecule has 0 spiro atoms. The fraction of sp³-hybridized carbons (Fsp3) is 0.222. The molecule has 0 aliphatic carbocycles. The standard InChI is InChI=1S/C18H18F2N2O5/c1-24-15-8-3-12(9-16(15)25-2)10-21-26-11-17(23)22-13-4-6-14(7-5-13)27-18(19)20/h3-10,18H,11H2,1-2H3,(H,22,23)/b21-10-. The van der Waals surface area contributed by atoms with Gasteiger partial charge in [-0.25, -0.2) is 0 Å². The number of anilines is 1. The molecule has 2 aromatic carbocycles. The Morgan fingerprint density at radius 3 is 2.44 bits per heavy atom. The first kappa shape index (κ1) is 20.0. The number of oxime groups is 1. The van der Waals surface area contributed by atoms with Gasteiger partial charge in [-0.05, 0) is 42.5 Å². The van der Waals surface area contributed by atoms with Crippen molar-refractivity contribution in [1.29, 1.82) is 0 Å². The summed E-state index contributed by atoms with van der Waals surface area (Å²) in [5.41, 5.74) is 1.11. The second-order valence-electron chi connectivity index (χ2n) is 5.07.